The first kappa shape index (κ1) is 36.2. The first-order chi connectivity index (χ1) is 21.2. The van der Waals surface area contributed by atoms with Crippen LogP contribution >= 0.6 is 0 Å². The third-order valence-electron chi connectivity index (χ3n) is 8.49. The monoisotopic (exact) mass is 638 g/mol. The lowest BCUT2D eigenvalue weighted by molar-refractivity contribution is -0.143. The summed E-state index contributed by atoms with van der Waals surface area (Å²) in [4.78, 5) is 32.2. The van der Waals surface area contributed by atoms with Gasteiger partial charge in [0, 0.05) is 32.4 Å². The van der Waals surface area contributed by atoms with Crippen molar-refractivity contribution in [2.24, 2.45) is 5.41 Å². The van der Waals surface area contributed by atoms with E-state index in [4.69, 9.17) is 9.72 Å². The van der Waals surface area contributed by atoms with Gasteiger partial charge in [0.15, 0.2) is 0 Å². The molecule has 0 saturated heterocycles. The SMILES string of the molecule is C=C1CC=C(C(F)(F)F)C=C(C(C)(C)C(=O)NC(CCN(CCCCc2ccc3c(n2)NCCC3)C[C@@H](CF)OC)C(=O)O)C1. The number of nitrogens with one attached hydrogen (secondary N) is 2. The van der Waals surface area contributed by atoms with E-state index in [2.05, 4.69) is 23.3 Å². The first-order valence-corrected chi connectivity index (χ1v) is 15.5. The third-order valence-corrected chi connectivity index (χ3v) is 8.49. The maximum absolute atomic E-state index is 13.5. The van der Waals surface area contributed by atoms with Crippen molar-refractivity contribution in [3.63, 3.8) is 0 Å². The first-order valence-electron chi connectivity index (χ1n) is 15.5. The molecule has 3 N–H and O–H groups in total. The largest absolute Gasteiger partial charge is 0.480 e. The summed E-state index contributed by atoms with van der Waals surface area (Å²) in [7, 11) is 1.41. The van der Waals surface area contributed by atoms with Crippen molar-refractivity contribution in [3.05, 3.63) is 58.8 Å². The Hall–Kier alpha value is -3.25. The number of hydrogen-bond donors (Lipinski definition) is 3. The number of ether oxygens (including phenoxy) is 1. The van der Waals surface area contributed by atoms with Crippen LogP contribution in [0.4, 0.5) is 23.4 Å². The number of aliphatic carboxylic acids is 1. The second kappa shape index (κ2) is 16.4. The lowest BCUT2D eigenvalue weighted by atomic mass is 9.79. The average molecular weight is 639 g/mol. The Morgan fingerprint density at radius 2 is 1.98 bits per heavy atom. The Kier molecular flexibility index (Phi) is 13.2. The molecule has 2 atom stereocenters. The van der Waals surface area contributed by atoms with Gasteiger partial charge in [-0.1, -0.05) is 29.9 Å². The van der Waals surface area contributed by atoms with Gasteiger partial charge in [-0.25, -0.2) is 14.2 Å². The van der Waals surface area contributed by atoms with Gasteiger partial charge in [0.05, 0.1) is 17.1 Å². The van der Waals surface area contributed by atoms with Gasteiger partial charge in [-0.3, -0.25) is 4.79 Å². The number of carboxylic acid groups (broad SMARTS) is 1. The summed E-state index contributed by atoms with van der Waals surface area (Å²) in [6.07, 6.45) is 1.28. The molecule has 8 nitrogen and oxygen atoms in total. The van der Waals surface area contributed by atoms with Crippen molar-refractivity contribution >= 4 is 17.7 Å². The van der Waals surface area contributed by atoms with Crippen LogP contribution in [0.2, 0.25) is 0 Å². The fourth-order valence-electron chi connectivity index (χ4n) is 5.46. The van der Waals surface area contributed by atoms with E-state index in [1.807, 2.05) is 11.0 Å². The molecule has 1 aliphatic carbocycles. The van der Waals surface area contributed by atoms with E-state index in [9.17, 15) is 32.3 Å². The second-order valence-corrected chi connectivity index (χ2v) is 12.3. The molecule has 1 aromatic rings. The van der Waals surface area contributed by atoms with Crippen LogP contribution in [0, 0.1) is 5.41 Å². The highest BCUT2D eigenvalue weighted by Gasteiger charge is 2.39. The van der Waals surface area contributed by atoms with Gasteiger partial charge in [0.1, 0.15) is 18.5 Å². The smallest absolute Gasteiger partial charge is 0.416 e. The molecule has 0 spiro atoms. The predicted octanol–water partition coefficient (Wildman–Crippen LogP) is 5.80. The van der Waals surface area contributed by atoms with Crippen molar-refractivity contribution in [2.75, 3.05) is 45.3 Å². The van der Waals surface area contributed by atoms with Crippen molar-refractivity contribution in [1.29, 1.82) is 0 Å². The number of halogens is 4. The summed E-state index contributed by atoms with van der Waals surface area (Å²) < 4.78 is 59.4. The number of unbranched alkanes of at least 4 members (excludes halogenated alkanes) is 1. The molecule has 1 amide bonds. The predicted molar refractivity (Wildman–Crippen MR) is 166 cm³/mol. The van der Waals surface area contributed by atoms with E-state index in [1.54, 1.807) is 0 Å². The number of anilines is 1. The number of methoxy groups -OCH3 is 1. The van der Waals surface area contributed by atoms with Gasteiger partial charge in [-0.05, 0) is 89.5 Å². The van der Waals surface area contributed by atoms with Gasteiger partial charge in [-0.2, -0.15) is 13.2 Å². The molecule has 1 aliphatic heterocycles. The molecule has 0 fully saturated rings. The van der Waals surface area contributed by atoms with Gasteiger partial charge in [-0.15, -0.1) is 0 Å². The van der Waals surface area contributed by atoms with Crippen molar-refractivity contribution in [2.45, 2.75) is 83.5 Å². The number of pyridine rings is 1. The van der Waals surface area contributed by atoms with Crippen molar-refractivity contribution < 1.29 is 37.0 Å². The zero-order valence-corrected chi connectivity index (χ0v) is 26.4. The number of alkyl halides is 4. The quantitative estimate of drug-likeness (QED) is 0.120. The number of rotatable bonds is 16. The van der Waals surface area contributed by atoms with E-state index in [-0.39, 0.29) is 37.9 Å². The van der Waals surface area contributed by atoms with Gasteiger partial charge >= 0.3 is 12.1 Å². The Balaban J connectivity index is 1.63. The van der Waals surface area contributed by atoms with Gasteiger partial charge in [0.25, 0.3) is 0 Å². The highest BCUT2D eigenvalue weighted by molar-refractivity contribution is 5.89. The number of carboxylic acids is 1. The third kappa shape index (κ3) is 10.7. The van der Waals surface area contributed by atoms with Crippen LogP contribution in [0.1, 0.15) is 63.6 Å². The van der Waals surface area contributed by atoms with E-state index < -0.39 is 47.9 Å². The zero-order valence-electron chi connectivity index (χ0n) is 26.4. The standard InChI is InChI=1S/C33H46F4N4O4/c1-22-10-12-24(33(35,36)37)19-25(18-22)32(2,3)31(44)40-28(30(42)43)14-17-41(21-27(20-34)45-4)16-6-5-9-26-13-11-23-8-7-15-38-29(23)39-26/h11-13,19,27-28H,1,5-10,14-18,20-21H2,2-4H3,(H,38,39)(H,40,44)(H,42,43)/t27-,28?/m1/s1. The van der Waals surface area contributed by atoms with Crippen LogP contribution in [0.5, 0.6) is 0 Å². The number of amides is 1. The zero-order chi connectivity index (χ0) is 33.2. The molecule has 0 saturated carbocycles. The summed E-state index contributed by atoms with van der Waals surface area (Å²) in [5, 5.41) is 15.8. The van der Waals surface area contributed by atoms with Crippen LogP contribution in [0.15, 0.2) is 47.6 Å². The van der Waals surface area contributed by atoms with Crippen molar-refractivity contribution in [1.82, 2.24) is 15.2 Å². The van der Waals surface area contributed by atoms with Gasteiger partial charge in [0.2, 0.25) is 5.91 Å². The Bertz CT molecular complexity index is 1260. The summed E-state index contributed by atoms with van der Waals surface area (Å²) in [5.74, 6) is -1.03. The number of carbonyl (C=O) groups is 2. The Morgan fingerprint density at radius 1 is 1.22 bits per heavy atom. The van der Waals surface area contributed by atoms with E-state index in [0.717, 1.165) is 62.3 Å². The molecule has 2 heterocycles. The average Bonchev–Trinajstić information content (AvgIpc) is 3.21. The highest BCUT2D eigenvalue weighted by Crippen LogP contribution is 2.39. The molecule has 45 heavy (non-hydrogen) atoms. The fraction of sp³-hybridized carbons (Fsp3) is 0.606. The lowest BCUT2D eigenvalue weighted by Crippen LogP contribution is -2.49. The minimum absolute atomic E-state index is 0.0113. The van der Waals surface area contributed by atoms with Gasteiger partial charge < -0.3 is 25.4 Å². The molecular formula is C33H46F4N4O4. The molecule has 3 rings (SSSR count). The summed E-state index contributed by atoms with van der Waals surface area (Å²) >= 11 is 0. The molecule has 1 aromatic heterocycles. The Labute approximate surface area is 263 Å². The van der Waals surface area contributed by atoms with E-state index in [0.29, 0.717) is 12.1 Å². The van der Waals surface area contributed by atoms with Crippen LogP contribution < -0.4 is 10.6 Å². The number of carbonyl (C=O) groups excluding carboxylic acids is 1. The second-order valence-electron chi connectivity index (χ2n) is 12.3. The minimum atomic E-state index is -4.59. The van der Waals surface area contributed by atoms with E-state index >= 15 is 0 Å². The summed E-state index contributed by atoms with van der Waals surface area (Å²) in [5.41, 5.74) is 0.631. The van der Waals surface area contributed by atoms with Crippen LogP contribution in [0.25, 0.3) is 0 Å². The number of allylic oxidation sites excluding steroid dienone is 4. The molecular weight excluding hydrogens is 592 g/mol. The molecule has 0 radical (unpaired) electrons. The maximum Gasteiger partial charge on any atom is 0.416 e. The molecule has 12 heteroatoms. The number of hydrogen-bond acceptors (Lipinski definition) is 6. The number of nitrogens with zero attached hydrogens (tertiary/aromatic N) is 2. The summed E-state index contributed by atoms with van der Waals surface area (Å²) in [6, 6.07) is 2.85. The van der Waals surface area contributed by atoms with Crippen LogP contribution in [-0.4, -0.2) is 85.2 Å². The number of aryl methyl sites for hydroxylation is 2. The van der Waals surface area contributed by atoms with Crippen LogP contribution in [0.3, 0.4) is 0 Å². The van der Waals surface area contributed by atoms with Crippen LogP contribution in [-0.2, 0) is 27.2 Å². The maximum atomic E-state index is 13.5. The molecule has 1 unspecified atom stereocenters. The molecule has 0 aromatic carbocycles. The molecule has 0 bridgehead atoms. The number of fused-ring (bicyclic) bond motifs is 1. The summed E-state index contributed by atoms with van der Waals surface area (Å²) in [6.45, 7) is 8.01. The fourth-order valence-corrected chi connectivity index (χ4v) is 5.46. The Morgan fingerprint density at radius 3 is 2.64 bits per heavy atom. The molecule has 2 aliphatic rings. The number of aromatic nitrogens is 1. The topological polar surface area (TPSA) is 104 Å². The van der Waals surface area contributed by atoms with Crippen molar-refractivity contribution in [3.8, 4) is 0 Å². The van der Waals surface area contributed by atoms with E-state index in [1.165, 1.54) is 26.5 Å². The normalized spacial score (nSPS) is 17.0. The lowest BCUT2D eigenvalue weighted by Gasteiger charge is -2.30. The highest BCUT2D eigenvalue weighted by atomic mass is 19.4. The minimum Gasteiger partial charge on any atom is -0.480 e. The molecule has 250 valence electrons.